The van der Waals surface area contributed by atoms with Crippen molar-refractivity contribution in [1.82, 2.24) is 0 Å². The number of hydrogen-bond donors (Lipinski definition) is 1. The van der Waals surface area contributed by atoms with Crippen LogP contribution >= 0.6 is 0 Å². The van der Waals surface area contributed by atoms with Gasteiger partial charge in [0.15, 0.2) is 0 Å². The Labute approximate surface area is 75.7 Å². The van der Waals surface area contributed by atoms with E-state index in [1.54, 1.807) is 0 Å². The fourth-order valence-corrected chi connectivity index (χ4v) is 2.73. The molecule has 1 nitrogen and oxygen atoms in total. The summed E-state index contributed by atoms with van der Waals surface area (Å²) < 4.78 is 0. The molecule has 0 saturated heterocycles. The van der Waals surface area contributed by atoms with E-state index >= 15 is 0 Å². The van der Waals surface area contributed by atoms with Crippen molar-refractivity contribution >= 4 is 0 Å². The minimum atomic E-state index is 0.555. The van der Waals surface area contributed by atoms with Gasteiger partial charge in [0.2, 0.25) is 0 Å². The molecule has 0 bridgehead atoms. The number of rotatable bonds is 2. The second-order valence-electron chi connectivity index (χ2n) is 4.67. The molecule has 0 radical (unpaired) electrons. The molecule has 1 atom stereocenters. The van der Waals surface area contributed by atoms with Gasteiger partial charge in [0, 0.05) is 6.04 Å². The van der Waals surface area contributed by atoms with Crippen molar-refractivity contribution in [1.29, 1.82) is 0 Å². The number of nitrogens with two attached hydrogens (primary N) is 1. The van der Waals surface area contributed by atoms with Crippen LogP contribution in [-0.4, -0.2) is 6.04 Å². The molecule has 2 rings (SSSR count). The summed E-state index contributed by atoms with van der Waals surface area (Å²) in [5.74, 6) is 1.78. The minimum absolute atomic E-state index is 0.555. The molecule has 2 N–H and O–H groups in total. The van der Waals surface area contributed by atoms with Crippen molar-refractivity contribution in [2.45, 2.75) is 57.4 Å². The fraction of sp³-hybridized carbons (Fsp3) is 1.00. The zero-order valence-electron chi connectivity index (χ0n) is 7.97. The van der Waals surface area contributed by atoms with E-state index in [2.05, 4.69) is 0 Å². The molecular weight excluding hydrogens is 146 g/mol. The third kappa shape index (κ3) is 1.66. The Kier molecular flexibility index (Phi) is 2.69. The van der Waals surface area contributed by atoms with Crippen molar-refractivity contribution in [2.24, 2.45) is 17.6 Å². The Morgan fingerprint density at radius 3 is 1.67 bits per heavy atom. The maximum Gasteiger partial charge on any atom is 0.00956 e. The lowest BCUT2D eigenvalue weighted by molar-refractivity contribution is 0.177. The van der Waals surface area contributed by atoms with Gasteiger partial charge in [-0.05, 0) is 37.5 Å². The van der Waals surface area contributed by atoms with Crippen molar-refractivity contribution in [3.63, 3.8) is 0 Å². The molecule has 0 aromatic rings. The van der Waals surface area contributed by atoms with Gasteiger partial charge in [-0.15, -0.1) is 0 Å². The smallest absolute Gasteiger partial charge is 0.00956 e. The van der Waals surface area contributed by atoms with Crippen molar-refractivity contribution < 1.29 is 0 Å². The van der Waals surface area contributed by atoms with Gasteiger partial charge < -0.3 is 5.73 Å². The maximum atomic E-state index is 6.25. The van der Waals surface area contributed by atoms with Crippen LogP contribution < -0.4 is 5.73 Å². The summed E-state index contributed by atoms with van der Waals surface area (Å²) in [5, 5.41) is 0. The molecule has 1 heteroatoms. The molecule has 0 aromatic carbocycles. The van der Waals surface area contributed by atoms with E-state index in [4.69, 9.17) is 5.73 Å². The minimum Gasteiger partial charge on any atom is -0.327 e. The standard InChI is InChI=1S/C11H21N/c12-11(10-7-4-8-10)9-5-2-1-3-6-9/h9-11H,1-8,12H2/t11-/m1/s1. The van der Waals surface area contributed by atoms with Crippen molar-refractivity contribution in [2.75, 3.05) is 0 Å². The summed E-state index contributed by atoms with van der Waals surface area (Å²) in [6.45, 7) is 0. The summed E-state index contributed by atoms with van der Waals surface area (Å²) in [7, 11) is 0. The monoisotopic (exact) mass is 167 g/mol. The van der Waals surface area contributed by atoms with Gasteiger partial charge in [-0.2, -0.15) is 0 Å². The molecule has 2 fully saturated rings. The molecule has 0 amide bonds. The molecule has 2 aliphatic carbocycles. The van der Waals surface area contributed by atoms with E-state index in [1.165, 1.54) is 51.4 Å². The molecule has 0 aliphatic heterocycles. The van der Waals surface area contributed by atoms with E-state index in [1.807, 2.05) is 0 Å². The molecule has 0 aromatic heterocycles. The molecular formula is C11H21N. The van der Waals surface area contributed by atoms with E-state index in [-0.39, 0.29) is 0 Å². The average Bonchev–Trinajstić information content (AvgIpc) is 2.03. The highest BCUT2D eigenvalue weighted by Gasteiger charge is 2.30. The Morgan fingerprint density at radius 2 is 1.25 bits per heavy atom. The van der Waals surface area contributed by atoms with Crippen LogP contribution in [0.4, 0.5) is 0 Å². The van der Waals surface area contributed by atoms with Crippen LogP contribution in [0.2, 0.25) is 0 Å². The first-order valence-electron chi connectivity index (χ1n) is 5.63. The first-order chi connectivity index (χ1) is 5.88. The Morgan fingerprint density at radius 1 is 0.750 bits per heavy atom. The van der Waals surface area contributed by atoms with E-state index in [9.17, 15) is 0 Å². The molecule has 12 heavy (non-hydrogen) atoms. The quantitative estimate of drug-likeness (QED) is 0.672. The highest BCUT2D eigenvalue weighted by Crippen LogP contribution is 2.36. The van der Waals surface area contributed by atoms with Crippen LogP contribution in [-0.2, 0) is 0 Å². The lowest BCUT2D eigenvalue weighted by Gasteiger charge is -2.37. The molecule has 2 saturated carbocycles. The van der Waals surface area contributed by atoms with Crippen LogP contribution in [0.1, 0.15) is 51.4 Å². The third-order valence-electron chi connectivity index (χ3n) is 3.89. The summed E-state index contributed by atoms with van der Waals surface area (Å²) in [6.07, 6.45) is 11.4. The van der Waals surface area contributed by atoms with Gasteiger partial charge in [0.1, 0.15) is 0 Å². The zero-order chi connectivity index (χ0) is 8.39. The Bertz CT molecular complexity index is 134. The van der Waals surface area contributed by atoms with E-state index < -0.39 is 0 Å². The molecule has 0 unspecified atom stereocenters. The van der Waals surface area contributed by atoms with Crippen molar-refractivity contribution in [3.8, 4) is 0 Å². The van der Waals surface area contributed by atoms with Crippen LogP contribution in [0.5, 0.6) is 0 Å². The topological polar surface area (TPSA) is 26.0 Å². The van der Waals surface area contributed by atoms with Gasteiger partial charge in [-0.1, -0.05) is 25.7 Å². The molecule has 0 spiro atoms. The summed E-state index contributed by atoms with van der Waals surface area (Å²) in [4.78, 5) is 0. The van der Waals surface area contributed by atoms with Gasteiger partial charge in [-0.25, -0.2) is 0 Å². The SMILES string of the molecule is N[C@H](C1CCCCC1)C1CCC1. The van der Waals surface area contributed by atoms with Crippen LogP contribution in [0.25, 0.3) is 0 Å². The Hall–Kier alpha value is -0.0400. The van der Waals surface area contributed by atoms with Gasteiger partial charge >= 0.3 is 0 Å². The van der Waals surface area contributed by atoms with Gasteiger partial charge in [-0.3, -0.25) is 0 Å². The first kappa shape index (κ1) is 8.55. The lowest BCUT2D eigenvalue weighted by Crippen LogP contribution is -2.41. The largest absolute Gasteiger partial charge is 0.327 e. The lowest BCUT2D eigenvalue weighted by atomic mass is 9.71. The first-order valence-corrected chi connectivity index (χ1v) is 5.63. The van der Waals surface area contributed by atoms with E-state index in [0.29, 0.717) is 6.04 Å². The Balaban J connectivity index is 1.80. The molecule has 70 valence electrons. The van der Waals surface area contributed by atoms with Crippen LogP contribution in [0, 0.1) is 11.8 Å². The van der Waals surface area contributed by atoms with Crippen molar-refractivity contribution in [3.05, 3.63) is 0 Å². The normalized spacial score (nSPS) is 29.8. The number of hydrogen-bond acceptors (Lipinski definition) is 1. The second kappa shape index (κ2) is 3.78. The second-order valence-corrected chi connectivity index (χ2v) is 4.67. The zero-order valence-corrected chi connectivity index (χ0v) is 7.97. The van der Waals surface area contributed by atoms with Gasteiger partial charge in [0.05, 0.1) is 0 Å². The summed E-state index contributed by atoms with van der Waals surface area (Å²) >= 11 is 0. The maximum absolute atomic E-state index is 6.25. The van der Waals surface area contributed by atoms with Gasteiger partial charge in [0.25, 0.3) is 0 Å². The third-order valence-corrected chi connectivity index (χ3v) is 3.89. The van der Waals surface area contributed by atoms with Crippen LogP contribution in [0.15, 0.2) is 0 Å². The summed E-state index contributed by atoms with van der Waals surface area (Å²) in [5.41, 5.74) is 6.25. The molecule has 2 aliphatic rings. The average molecular weight is 167 g/mol. The highest BCUT2D eigenvalue weighted by molar-refractivity contribution is 4.86. The fourth-order valence-electron chi connectivity index (χ4n) is 2.73. The predicted molar refractivity (Wildman–Crippen MR) is 51.9 cm³/mol. The highest BCUT2D eigenvalue weighted by atomic mass is 14.7. The van der Waals surface area contributed by atoms with Crippen LogP contribution in [0.3, 0.4) is 0 Å². The van der Waals surface area contributed by atoms with E-state index in [0.717, 1.165) is 11.8 Å². The predicted octanol–water partition coefficient (Wildman–Crippen LogP) is 2.69. The summed E-state index contributed by atoms with van der Waals surface area (Å²) in [6, 6.07) is 0.555. The molecule has 0 heterocycles.